The first-order valence-electron chi connectivity index (χ1n) is 44.0. The van der Waals surface area contributed by atoms with Crippen LogP contribution in [-0.2, 0) is 69.0 Å². The van der Waals surface area contributed by atoms with E-state index in [1.807, 2.05) is 16.7 Å². The fraction of sp³-hybridized carbons (Fsp3) is 0.438. The molecule has 5 aromatic rings. The first-order valence-corrected chi connectivity index (χ1v) is 46.3. The lowest BCUT2D eigenvalue weighted by Gasteiger charge is -2.34. The number of carboxylic acid groups (broad SMARTS) is 1. The van der Waals surface area contributed by atoms with E-state index in [2.05, 4.69) is 74.4 Å². The molecule has 8 atom stereocenters. The number of aromatic carboxylic acids is 1. The van der Waals surface area contributed by atoms with Gasteiger partial charge in [0.25, 0.3) is 11.8 Å². The molecule has 4 bridgehead atoms. The fourth-order valence-corrected chi connectivity index (χ4v) is 17.7. The van der Waals surface area contributed by atoms with Crippen LogP contribution in [0.1, 0.15) is 141 Å². The number of thioether (sulfide) groups is 2. The van der Waals surface area contributed by atoms with Gasteiger partial charge in [-0.05, 0) is 166 Å². The van der Waals surface area contributed by atoms with Gasteiger partial charge >= 0.3 is 5.97 Å². The van der Waals surface area contributed by atoms with E-state index in [1.54, 1.807) is 57.2 Å². The Bertz CT molecular complexity index is 5590. The minimum absolute atomic E-state index is 0.00461. The molecule has 43 nitrogen and oxygen atoms in total. The molecular formula is C89H112N24O19S2. The number of carbonyl (C=O) groups excluding carboxylic acids is 14. The number of nitrogens with one attached hydrogen (secondary N) is 15. The molecule has 0 radical (unpaired) electrons. The number of phenols is 1. The Balaban J connectivity index is 0.786. The van der Waals surface area contributed by atoms with Crippen molar-refractivity contribution in [1.29, 1.82) is 5.41 Å². The van der Waals surface area contributed by atoms with Crippen LogP contribution in [0.15, 0.2) is 100 Å². The van der Waals surface area contributed by atoms with Crippen molar-refractivity contribution in [2.75, 3.05) is 103 Å². The van der Waals surface area contributed by atoms with Crippen molar-refractivity contribution in [3.63, 3.8) is 0 Å². The van der Waals surface area contributed by atoms with Crippen molar-refractivity contribution in [2.24, 2.45) is 46.6 Å². The molecule has 25 N–H and O–H groups in total. The van der Waals surface area contributed by atoms with E-state index < -0.39 is 175 Å². The Kier molecular flexibility index (Phi) is 35.3. The molecule has 134 heavy (non-hydrogen) atoms. The number of rotatable bonds is 28. The molecular weight excluding hydrogens is 1770 g/mol. The molecule has 2 fully saturated rings. The van der Waals surface area contributed by atoms with Crippen LogP contribution in [0.3, 0.4) is 0 Å². The minimum Gasteiger partial charge on any atom is -0.508 e. The number of primary amides is 2. The van der Waals surface area contributed by atoms with Crippen LogP contribution in [0.2, 0.25) is 0 Å². The average Bonchev–Trinajstić information content (AvgIpc) is 0.744. The molecule has 1 aliphatic carbocycles. The second-order valence-electron chi connectivity index (χ2n) is 33.2. The van der Waals surface area contributed by atoms with Crippen LogP contribution < -0.4 is 113 Å². The third-order valence-electron chi connectivity index (χ3n) is 23.4. The normalized spacial score (nSPS) is 19.5. The topological polar surface area (TPSA) is 668 Å². The Morgan fingerprint density at radius 1 is 0.560 bits per heavy atom. The molecule has 714 valence electrons. The molecule has 11 rings (SSSR count). The predicted molar refractivity (Wildman–Crippen MR) is 500 cm³/mol. The lowest BCUT2D eigenvalue weighted by Crippen LogP contribution is -2.56. The summed E-state index contributed by atoms with van der Waals surface area (Å²) < 4.78 is 6.05. The molecule has 14 amide bonds. The number of nitrogens with two attached hydrogens (primary N) is 4. The van der Waals surface area contributed by atoms with Crippen molar-refractivity contribution in [3.8, 4) is 28.2 Å². The number of phenolic OH excluding ortho intramolecular Hbond substituents is 1. The third-order valence-corrected chi connectivity index (χ3v) is 25.6. The molecule has 45 heteroatoms. The molecule has 4 aromatic carbocycles. The predicted octanol–water partition coefficient (Wildman–Crippen LogP) is 1.16. The van der Waals surface area contributed by atoms with Gasteiger partial charge < -0.3 is 122 Å². The van der Waals surface area contributed by atoms with E-state index in [9.17, 15) is 86.9 Å². The number of guanidine groups is 1. The highest BCUT2D eigenvalue weighted by Gasteiger charge is 2.37. The molecule has 2 saturated heterocycles. The zero-order valence-electron chi connectivity index (χ0n) is 74.3. The van der Waals surface area contributed by atoms with E-state index in [0.29, 0.717) is 59.9 Å². The number of nitrogens with zero attached hydrogens (tertiary/aromatic N) is 5. The quantitative estimate of drug-likeness (QED) is 0.0142. The molecule has 6 aliphatic rings. The molecule has 0 unspecified atom stereocenters. The lowest BCUT2D eigenvalue weighted by molar-refractivity contribution is -0.132. The fourth-order valence-electron chi connectivity index (χ4n) is 15.6. The molecule has 6 heterocycles. The maximum absolute atomic E-state index is 14.4. The monoisotopic (exact) mass is 1880 g/mol. The summed E-state index contributed by atoms with van der Waals surface area (Å²) in [4.78, 5) is 236. The van der Waals surface area contributed by atoms with Gasteiger partial charge in [-0.15, -0.1) is 0 Å². The van der Waals surface area contributed by atoms with Gasteiger partial charge in [-0.25, -0.2) is 4.79 Å². The summed E-state index contributed by atoms with van der Waals surface area (Å²) in [6.45, 7) is 6.19. The van der Waals surface area contributed by atoms with Gasteiger partial charge in [0.15, 0.2) is 11.4 Å². The second kappa shape index (κ2) is 47.2. The maximum atomic E-state index is 14.4. The Morgan fingerprint density at radius 3 is 1.52 bits per heavy atom. The number of anilines is 6. The van der Waals surface area contributed by atoms with Crippen LogP contribution >= 0.6 is 23.5 Å². The molecule has 0 saturated carbocycles. The average molecular weight is 1890 g/mol. The first-order chi connectivity index (χ1) is 64.1. The van der Waals surface area contributed by atoms with Crippen molar-refractivity contribution < 1.29 is 86.5 Å². The summed E-state index contributed by atoms with van der Waals surface area (Å²) in [5.74, 6) is -13.2. The zero-order chi connectivity index (χ0) is 96.6. The van der Waals surface area contributed by atoms with Gasteiger partial charge in [-0.1, -0.05) is 46.6 Å². The van der Waals surface area contributed by atoms with Crippen LogP contribution in [0.5, 0.6) is 5.75 Å². The van der Waals surface area contributed by atoms with Crippen LogP contribution in [-0.4, -0.2) is 233 Å². The number of benzene rings is 5. The number of carbonyl (C=O) groups is 15. The number of amides is 14. The number of aromatic nitrogens is 3. The Morgan fingerprint density at radius 2 is 1.05 bits per heavy atom. The number of hydrogen-bond acceptors (Lipinski definition) is 28. The number of piperidine rings is 2. The zero-order valence-corrected chi connectivity index (χ0v) is 75.9. The largest absolute Gasteiger partial charge is 0.508 e. The van der Waals surface area contributed by atoms with Gasteiger partial charge in [0.05, 0.1) is 31.7 Å². The van der Waals surface area contributed by atoms with Crippen LogP contribution in [0, 0.1) is 29.1 Å². The van der Waals surface area contributed by atoms with Gasteiger partial charge in [-0.3, -0.25) is 77.3 Å². The first kappa shape index (κ1) is 100. The van der Waals surface area contributed by atoms with E-state index >= 15 is 0 Å². The number of unbranched alkanes of at least 4 members (excludes halogenated alkanes) is 1. The highest BCUT2D eigenvalue weighted by atomic mass is 32.2. The lowest BCUT2D eigenvalue weighted by atomic mass is 9.90. The molecule has 1 aromatic heterocycles. The van der Waals surface area contributed by atoms with Gasteiger partial charge in [0, 0.05) is 124 Å². The second-order valence-corrected chi connectivity index (χ2v) is 35.3. The number of aromatic hydroxyl groups is 1. The smallest absolute Gasteiger partial charge is 0.336 e. The van der Waals surface area contributed by atoms with Crippen molar-refractivity contribution in [3.05, 3.63) is 129 Å². The highest BCUT2D eigenvalue weighted by molar-refractivity contribution is 7.98. The Labute approximate surface area is 778 Å². The SMILES string of the molecule is CC[C@H](C)[C@@H]1NC(=O)c2cc(cc(NC(=O)CNC(=O)C3CCN(c4nc(Nc5ccc(-c6c7ccc(=O)cc-7oc7cc(O)ccc67)c(C(=O)O)c5)nc(N5CCC(C(=O)NCC(=O)Nc6cc7cc(c6)C(=O)N[C@@H]([C@@H](C)CC)C(=O)N[C@@H](CCCNC(=N)N)C(=O)NCC(=O)N[C@H](C(N)=O)CSC7)CC5)n4)CC3)c2)CSC[C@@H](C(N)=O)NC(=O)CNC(=O)[C@H](CCCCN)NC1=O. The van der Waals surface area contributed by atoms with Gasteiger partial charge in [-0.2, -0.15) is 38.5 Å². The Hall–Kier alpha value is -14.2. The summed E-state index contributed by atoms with van der Waals surface area (Å²) in [6.07, 6.45) is 3.09. The van der Waals surface area contributed by atoms with E-state index in [4.69, 9.17) is 47.7 Å². The molecule has 0 spiro atoms. The summed E-state index contributed by atoms with van der Waals surface area (Å²) in [6, 6.07) is 14.9. The van der Waals surface area contributed by atoms with Gasteiger partial charge in [0.2, 0.25) is 88.7 Å². The highest BCUT2D eigenvalue weighted by Crippen LogP contribution is 2.43. The summed E-state index contributed by atoms with van der Waals surface area (Å²) in [7, 11) is 0. The summed E-state index contributed by atoms with van der Waals surface area (Å²) in [5, 5.41) is 67.3. The van der Waals surface area contributed by atoms with Crippen molar-refractivity contribution in [2.45, 2.75) is 146 Å². The standard InChI is InChI=1S/C89H112N24O19S2/c1-5-45(3)73-83(128)105-62(10-7-8-22-90)81(126)98-39-70(118)103-64(75(91)120)43-133-41-47-28-51(79(124)107-73)32-54(30-47)100-68(116)37-96-77(122)49-18-24-112(25-19-49)88-109-87(102-53-12-15-58(61(34-53)85(130)131)72-59-16-13-56(114)35-66(59)132-67-36-57(115)14-17-60(67)72)110-89(111-88)113-26-20-50(21-27-113)78(123)97-38-69(117)101-55-31-48-29-52(33-55)80(125)108-74(46(4)6-2)84(129)106-63(11-9-23-95-86(93)94)82(127)99-40-71(119)104-65(76(92)121)44-134-42-48/h12-17,28-36,45-46,49-50,62-65,73-74,114H,5-11,18-27,37-44,90H2,1-4H3,(H2,91,120)(H2,92,121)(H,96,122)(H,97,123)(H,98,126)(H,99,127)(H,100,116)(H,101,117)(H,103,118)(H,104,119)(H,105,128)(H,106,129)(H,107,124)(H,108,125)(H,130,131)(H4,93,94,95)(H,102,109,110,111)/t45-,46-,62-,63-,64-,65-,73-,74-/m0/s1. The third kappa shape index (κ3) is 27.7. The minimum atomic E-state index is -1.33. The summed E-state index contributed by atoms with van der Waals surface area (Å²) in [5.41, 5.74) is 24.7. The van der Waals surface area contributed by atoms with Crippen LogP contribution in [0.4, 0.5) is 34.9 Å². The number of fused-ring (bicyclic) bond motifs is 6. The van der Waals surface area contributed by atoms with Crippen molar-refractivity contribution in [1.82, 2.24) is 73.4 Å². The van der Waals surface area contributed by atoms with E-state index in [-0.39, 0.29) is 186 Å². The maximum Gasteiger partial charge on any atom is 0.336 e. The number of hydrogen-bond donors (Lipinski definition) is 21. The van der Waals surface area contributed by atoms with Crippen LogP contribution in [0.25, 0.3) is 33.4 Å². The van der Waals surface area contributed by atoms with E-state index in [1.165, 1.54) is 66.4 Å². The van der Waals surface area contributed by atoms with Crippen molar-refractivity contribution >= 4 is 164 Å². The number of carboxylic acids is 1. The van der Waals surface area contributed by atoms with Gasteiger partial charge in [0.1, 0.15) is 53.3 Å². The molecule has 5 aliphatic heterocycles. The van der Waals surface area contributed by atoms with E-state index in [0.717, 1.165) is 11.8 Å². The summed E-state index contributed by atoms with van der Waals surface area (Å²) >= 11 is 2.33.